The van der Waals surface area contributed by atoms with Crippen LogP contribution in [0.1, 0.15) is 16.8 Å². The third kappa shape index (κ3) is 2.86. The topological polar surface area (TPSA) is 63.5 Å². The van der Waals surface area contributed by atoms with Crippen LogP contribution in [0.4, 0.5) is 10.1 Å². The summed E-state index contributed by atoms with van der Waals surface area (Å²) in [4.78, 5) is 23.7. The van der Waals surface area contributed by atoms with E-state index in [1.165, 1.54) is 4.90 Å². The largest absolute Gasteiger partial charge is 0.338 e. The molecule has 1 aliphatic rings. The smallest absolute Gasteiger partial charge is 0.270 e. The van der Waals surface area contributed by atoms with E-state index in [0.29, 0.717) is 0 Å². The SMILES string of the molecule is CN(C(=O)c1cc([N+](=O)[O-])ccc1F)C1CCSC1. The van der Waals surface area contributed by atoms with Gasteiger partial charge in [-0.25, -0.2) is 4.39 Å². The van der Waals surface area contributed by atoms with Gasteiger partial charge in [0.25, 0.3) is 11.6 Å². The van der Waals surface area contributed by atoms with E-state index in [1.54, 1.807) is 18.8 Å². The molecule has 1 aromatic rings. The van der Waals surface area contributed by atoms with E-state index in [0.717, 1.165) is 36.1 Å². The molecule has 1 aliphatic heterocycles. The molecule has 7 heteroatoms. The molecular weight excluding hydrogens is 271 g/mol. The van der Waals surface area contributed by atoms with Crippen molar-refractivity contribution in [2.45, 2.75) is 12.5 Å². The lowest BCUT2D eigenvalue weighted by Gasteiger charge is -2.23. The van der Waals surface area contributed by atoms with Crippen molar-refractivity contribution in [2.75, 3.05) is 18.6 Å². The first-order chi connectivity index (χ1) is 9.00. The van der Waals surface area contributed by atoms with Gasteiger partial charge in [-0.05, 0) is 18.2 Å². The Balaban J connectivity index is 2.26. The van der Waals surface area contributed by atoms with E-state index in [4.69, 9.17) is 0 Å². The number of thioether (sulfide) groups is 1. The number of carbonyl (C=O) groups is 1. The minimum Gasteiger partial charge on any atom is -0.338 e. The summed E-state index contributed by atoms with van der Waals surface area (Å²) in [5, 5.41) is 10.7. The molecule has 1 saturated heterocycles. The molecule has 0 bridgehead atoms. The Kier molecular flexibility index (Phi) is 4.04. The molecule has 1 aromatic carbocycles. The second-order valence-corrected chi connectivity index (χ2v) is 5.50. The Morgan fingerprint density at radius 2 is 2.32 bits per heavy atom. The van der Waals surface area contributed by atoms with Crippen LogP contribution in [0.15, 0.2) is 18.2 Å². The van der Waals surface area contributed by atoms with Gasteiger partial charge in [0.15, 0.2) is 0 Å². The Labute approximate surface area is 113 Å². The average molecular weight is 284 g/mol. The number of benzene rings is 1. The first kappa shape index (κ1) is 13.8. The van der Waals surface area contributed by atoms with Gasteiger partial charge in [-0.2, -0.15) is 11.8 Å². The molecule has 2 rings (SSSR count). The highest BCUT2D eigenvalue weighted by Crippen LogP contribution is 2.24. The third-order valence-corrected chi connectivity index (χ3v) is 4.31. The molecule has 0 saturated carbocycles. The van der Waals surface area contributed by atoms with Gasteiger partial charge in [0, 0.05) is 31.0 Å². The van der Waals surface area contributed by atoms with Gasteiger partial charge in [-0.3, -0.25) is 14.9 Å². The Morgan fingerprint density at radius 1 is 1.58 bits per heavy atom. The van der Waals surface area contributed by atoms with Crippen molar-refractivity contribution in [2.24, 2.45) is 0 Å². The molecule has 102 valence electrons. The zero-order valence-electron chi connectivity index (χ0n) is 10.3. The number of halogens is 1. The molecule has 19 heavy (non-hydrogen) atoms. The van der Waals surface area contributed by atoms with Crippen LogP contribution in [0.3, 0.4) is 0 Å². The molecule has 0 N–H and O–H groups in total. The molecule has 1 fully saturated rings. The first-order valence-electron chi connectivity index (χ1n) is 5.79. The van der Waals surface area contributed by atoms with Crippen LogP contribution in [0, 0.1) is 15.9 Å². The number of nitro groups is 1. The van der Waals surface area contributed by atoms with Gasteiger partial charge in [0.05, 0.1) is 10.5 Å². The molecule has 1 unspecified atom stereocenters. The molecular formula is C12H13FN2O3S. The molecule has 0 aromatic heterocycles. The van der Waals surface area contributed by atoms with Gasteiger partial charge in [-0.15, -0.1) is 0 Å². The number of hydrogen-bond acceptors (Lipinski definition) is 4. The van der Waals surface area contributed by atoms with Crippen molar-refractivity contribution < 1.29 is 14.1 Å². The van der Waals surface area contributed by atoms with E-state index in [1.807, 2.05) is 0 Å². The van der Waals surface area contributed by atoms with Crippen molar-refractivity contribution in [1.82, 2.24) is 4.90 Å². The molecule has 0 aliphatic carbocycles. The van der Waals surface area contributed by atoms with Crippen LogP contribution in [-0.4, -0.2) is 40.3 Å². The maximum atomic E-state index is 13.7. The Hall–Kier alpha value is -1.63. The van der Waals surface area contributed by atoms with Gasteiger partial charge in [-0.1, -0.05) is 0 Å². The van der Waals surface area contributed by atoms with Crippen molar-refractivity contribution in [3.63, 3.8) is 0 Å². The normalized spacial score (nSPS) is 18.3. The maximum Gasteiger partial charge on any atom is 0.270 e. The number of hydrogen-bond donors (Lipinski definition) is 0. The number of nitrogens with zero attached hydrogens (tertiary/aromatic N) is 2. The predicted octanol–water partition coefficient (Wildman–Crippen LogP) is 2.31. The van der Waals surface area contributed by atoms with E-state index in [9.17, 15) is 19.3 Å². The van der Waals surface area contributed by atoms with Gasteiger partial charge < -0.3 is 4.90 Å². The summed E-state index contributed by atoms with van der Waals surface area (Å²) in [6.07, 6.45) is 0.865. The number of non-ortho nitro benzene ring substituents is 1. The monoisotopic (exact) mass is 284 g/mol. The fourth-order valence-electron chi connectivity index (χ4n) is 1.97. The fraction of sp³-hybridized carbons (Fsp3) is 0.417. The lowest BCUT2D eigenvalue weighted by Crippen LogP contribution is -2.37. The lowest BCUT2D eigenvalue weighted by atomic mass is 10.1. The van der Waals surface area contributed by atoms with Gasteiger partial charge >= 0.3 is 0 Å². The minimum absolute atomic E-state index is 0.0659. The number of amides is 1. The Morgan fingerprint density at radius 3 is 2.89 bits per heavy atom. The zero-order valence-corrected chi connectivity index (χ0v) is 11.2. The average Bonchev–Trinajstić information content (AvgIpc) is 2.91. The van der Waals surface area contributed by atoms with Crippen LogP contribution in [0.5, 0.6) is 0 Å². The van der Waals surface area contributed by atoms with Crippen LogP contribution in [-0.2, 0) is 0 Å². The van der Waals surface area contributed by atoms with Crippen LogP contribution in [0.2, 0.25) is 0 Å². The summed E-state index contributed by atoms with van der Waals surface area (Å²) < 4.78 is 13.7. The summed E-state index contributed by atoms with van der Waals surface area (Å²) in [5.74, 6) is 0.556. The van der Waals surface area contributed by atoms with Crippen molar-refractivity contribution in [1.29, 1.82) is 0 Å². The molecule has 1 amide bonds. The highest BCUT2D eigenvalue weighted by atomic mass is 32.2. The summed E-state index contributed by atoms with van der Waals surface area (Å²) >= 11 is 1.74. The second-order valence-electron chi connectivity index (χ2n) is 4.35. The van der Waals surface area contributed by atoms with E-state index in [-0.39, 0.29) is 17.3 Å². The number of rotatable bonds is 3. The van der Waals surface area contributed by atoms with E-state index >= 15 is 0 Å². The van der Waals surface area contributed by atoms with Crippen LogP contribution in [0.25, 0.3) is 0 Å². The van der Waals surface area contributed by atoms with E-state index < -0.39 is 16.6 Å². The zero-order chi connectivity index (χ0) is 14.0. The fourth-order valence-corrected chi connectivity index (χ4v) is 3.24. The van der Waals surface area contributed by atoms with Crippen molar-refractivity contribution in [3.05, 3.63) is 39.7 Å². The summed E-state index contributed by atoms with van der Waals surface area (Å²) in [7, 11) is 1.61. The Bertz CT molecular complexity index is 518. The molecule has 0 spiro atoms. The lowest BCUT2D eigenvalue weighted by molar-refractivity contribution is -0.384. The first-order valence-corrected chi connectivity index (χ1v) is 6.95. The standard InChI is InChI=1S/C12H13FN2O3S/c1-14(9-4-5-19-7-9)12(16)10-6-8(15(17)18)2-3-11(10)13/h2-3,6,9H,4-5,7H2,1H3. The van der Waals surface area contributed by atoms with Crippen molar-refractivity contribution in [3.8, 4) is 0 Å². The number of carbonyl (C=O) groups excluding carboxylic acids is 1. The van der Waals surface area contributed by atoms with Crippen LogP contribution < -0.4 is 0 Å². The van der Waals surface area contributed by atoms with Crippen LogP contribution >= 0.6 is 11.8 Å². The molecule has 1 heterocycles. The second kappa shape index (κ2) is 5.56. The third-order valence-electron chi connectivity index (χ3n) is 3.16. The predicted molar refractivity (Wildman–Crippen MR) is 70.9 cm³/mol. The van der Waals surface area contributed by atoms with Gasteiger partial charge in [0.2, 0.25) is 0 Å². The van der Waals surface area contributed by atoms with Crippen molar-refractivity contribution >= 4 is 23.4 Å². The summed E-state index contributed by atoms with van der Waals surface area (Å²) in [6, 6.07) is 3.08. The van der Waals surface area contributed by atoms with Gasteiger partial charge in [0.1, 0.15) is 5.82 Å². The highest BCUT2D eigenvalue weighted by molar-refractivity contribution is 7.99. The molecule has 1 atom stereocenters. The number of nitro benzene ring substituents is 1. The maximum absolute atomic E-state index is 13.7. The summed E-state index contributed by atoms with van der Waals surface area (Å²) in [6.45, 7) is 0. The quantitative estimate of drug-likeness (QED) is 0.631. The van der Waals surface area contributed by atoms with E-state index in [2.05, 4.69) is 0 Å². The molecule has 5 nitrogen and oxygen atoms in total. The highest BCUT2D eigenvalue weighted by Gasteiger charge is 2.27. The molecule has 0 radical (unpaired) electrons. The minimum atomic E-state index is -0.729. The summed E-state index contributed by atoms with van der Waals surface area (Å²) in [5.41, 5.74) is -0.521.